The van der Waals surface area contributed by atoms with Gasteiger partial charge in [-0.2, -0.15) is 0 Å². The van der Waals surface area contributed by atoms with Gasteiger partial charge < -0.3 is 15.0 Å². The Kier molecular flexibility index (Phi) is 7.37. The summed E-state index contributed by atoms with van der Waals surface area (Å²) in [5, 5.41) is 2.21. The van der Waals surface area contributed by atoms with Crippen LogP contribution in [0.5, 0.6) is 0 Å². The Labute approximate surface area is 194 Å². The molecule has 1 fully saturated rings. The highest BCUT2D eigenvalue weighted by Crippen LogP contribution is 2.32. The second-order valence-corrected chi connectivity index (χ2v) is 8.71. The number of rotatable bonds is 7. The van der Waals surface area contributed by atoms with E-state index < -0.39 is 28.8 Å². The maximum absolute atomic E-state index is 13.1. The monoisotopic (exact) mass is 473 g/mol. The normalized spacial score (nSPS) is 15.0. The zero-order chi connectivity index (χ0) is 24.3. The summed E-state index contributed by atoms with van der Waals surface area (Å²) >= 11 is 0.786. The zero-order valence-corrected chi connectivity index (χ0v) is 19.5. The van der Waals surface area contributed by atoms with Crippen LogP contribution in [0.3, 0.4) is 0 Å². The molecule has 0 saturated carbocycles. The summed E-state index contributed by atoms with van der Waals surface area (Å²) in [5.74, 6) is -1.85. The lowest BCUT2D eigenvalue weighted by Gasteiger charge is -2.13. The van der Waals surface area contributed by atoms with Crippen LogP contribution in [0.1, 0.15) is 51.5 Å². The van der Waals surface area contributed by atoms with E-state index >= 15 is 0 Å². The summed E-state index contributed by atoms with van der Waals surface area (Å²) in [4.78, 5) is 53.9. The van der Waals surface area contributed by atoms with Gasteiger partial charge >= 0.3 is 5.97 Å². The molecule has 33 heavy (non-hydrogen) atoms. The lowest BCUT2D eigenvalue weighted by atomic mass is 10.1. The standard InChI is InChI=1S/C23H24FN3O5S/c1-12(2)32-22(30)18-13(3)19(26-14(18)4)20(28)25-9-10-27-21(29)17(33-23(27)31)11-15-5-7-16(24)8-6-15/h5-8,11-12,26H,9-10H2,1-4H3,(H,25,28)/b17-11-. The second-order valence-electron chi connectivity index (χ2n) is 7.72. The van der Waals surface area contributed by atoms with E-state index in [1.807, 2.05) is 0 Å². The minimum atomic E-state index is -0.513. The van der Waals surface area contributed by atoms with Crippen molar-refractivity contribution in [2.75, 3.05) is 13.1 Å². The molecule has 3 amide bonds. The third-order valence-electron chi connectivity index (χ3n) is 4.87. The van der Waals surface area contributed by atoms with Crippen molar-refractivity contribution < 1.29 is 28.3 Å². The lowest BCUT2D eigenvalue weighted by Crippen LogP contribution is -2.37. The number of H-pyrrole nitrogens is 1. The van der Waals surface area contributed by atoms with Crippen molar-refractivity contribution in [1.82, 2.24) is 15.2 Å². The molecule has 2 heterocycles. The minimum Gasteiger partial charge on any atom is -0.459 e. The molecule has 174 valence electrons. The first-order valence-corrected chi connectivity index (χ1v) is 11.1. The van der Waals surface area contributed by atoms with Crippen molar-refractivity contribution in [2.24, 2.45) is 0 Å². The van der Waals surface area contributed by atoms with E-state index in [1.165, 1.54) is 30.3 Å². The number of hydrogen-bond donors (Lipinski definition) is 2. The molecule has 1 aromatic heterocycles. The highest BCUT2D eigenvalue weighted by molar-refractivity contribution is 8.18. The molecule has 8 nitrogen and oxygen atoms in total. The number of halogens is 1. The van der Waals surface area contributed by atoms with Crippen molar-refractivity contribution in [2.45, 2.75) is 33.8 Å². The fourth-order valence-corrected chi connectivity index (χ4v) is 4.19. The topological polar surface area (TPSA) is 109 Å². The average molecular weight is 474 g/mol. The molecule has 1 aliphatic rings. The predicted molar refractivity (Wildman–Crippen MR) is 122 cm³/mol. The highest BCUT2D eigenvalue weighted by atomic mass is 32.2. The molecule has 0 atom stereocenters. The van der Waals surface area contributed by atoms with E-state index in [-0.39, 0.29) is 29.8 Å². The van der Waals surface area contributed by atoms with Gasteiger partial charge in [0, 0.05) is 18.8 Å². The minimum absolute atomic E-state index is 0.0157. The van der Waals surface area contributed by atoms with Crippen molar-refractivity contribution in [3.05, 3.63) is 63.1 Å². The number of aromatic amines is 1. The van der Waals surface area contributed by atoms with Crippen molar-refractivity contribution in [1.29, 1.82) is 0 Å². The summed E-state index contributed by atoms with van der Waals surface area (Å²) in [6.07, 6.45) is 1.23. The van der Waals surface area contributed by atoms with Crippen LogP contribution in [0.15, 0.2) is 29.2 Å². The van der Waals surface area contributed by atoms with E-state index in [2.05, 4.69) is 10.3 Å². The Balaban J connectivity index is 1.62. The van der Waals surface area contributed by atoms with Gasteiger partial charge in [0.05, 0.1) is 16.6 Å². The number of aryl methyl sites for hydroxylation is 1. The number of imide groups is 1. The Morgan fingerprint density at radius 3 is 2.52 bits per heavy atom. The van der Waals surface area contributed by atoms with Gasteiger partial charge in [0.25, 0.3) is 17.1 Å². The summed E-state index contributed by atoms with van der Waals surface area (Å²) in [6.45, 7) is 6.81. The molecule has 1 aliphatic heterocycles. The predicted octanol–water partition coefficient (Wildman–Crippen LogP) is 3.80. The lowest BCUT2D eigenvalue weighted by molar-refractivity contribution is -0.122. The highest BCUT2D eigenvalue weighted by Gasteiger charge is 2.34. The van der Waals surface area contributed by atoms with E-state index in [9.17, 15) is 23.6 Å². The quantitative estimate of drug-likeness (QED) is 0.468. The van der Waals surface area contributed by atoms with Gasteiger partial charge in [0.1, 0.15) is 11.5 Å². The fourth-order valence-electron chi connectivity index (χ4n) is 3.33. The average Bonchev–Trinajstić information content (AvgIpc) is 3.18. The number of aromatic nitrogens is 1. The summed E-state index contributed by atoms with van der Waals surface area (Å²) in [5.41, 5.74) is 2.10. The van der Waals surface area contributed by atoms with Crippen molar-refractivity contribution >= 4 is 40.9 Å². The molecular formula is C23H24FN3O5S. The summed E-state index contributed by atoms with van der Waals surface area (Å²) < 4.78 is 18.3. The van der Waals surface area contributed by atoms with Crippen LogP contribution < -0.4 is 5.32 Å². The van der Waals surface area contributed by atoms with Crippen LogP contribution in [0.2, 0.25) is 0 Å². The molecule has 0 unspecified atom stereocenters. The number of esters is 1. The summed E-state index contributed by atoms with van der Waals surface area (Å²) in [6, 6.07) is 5.55. The molecular weight excluding hydrogens is 449 g/mol. The first kappa shape index (κ1) is 24.2. The number of nitrogens with one attached hydrogen (secondary N) is 2. The smallest absolute Gasteiger partial charge is 0.340 e. The number of ether oxygens (including phenoxy) is 1. The van der Waals surface area contributed by atoms with E-state index in [0.29, 0.717) is 22.4 Å². The Morgan fingerprint density at radius 1 is 1.21 bits per heavy atom. The number of carbonyl (C=O) groups is 4. The van der Waals surface area contributed by atoms with Crippen molar-refractivity contribution in [3.8, 4) is 0 Å². The Bertz CT molecular complexity index is 1140. The zero-order valence-electron chi connectivity index (χ0n) is 18.7. The number of nitrogens with zero attached hydrogens (tertiary/aromatic N) is 1. The maximum Gasteiger partial charge on any atom is 0.340 e. The largest absolute Gasteiger partial charge is 0.459 e. The number of thioether (sulfide) groups is 1. The van der Waals surface area contributed by atoms with E-state index in [1.54, 1.807) is 27.7 Å². The maximum atomic E-state index is 13.1. The molecule has 2 N–H and O–H groups in total. The second kappa shape index (κ2) is 10.0. The molecule has 0 spiro atoms. The number of amides is 3. The molecule has 1 aromatic carbocycles. The number of hydrogen-bond acceptors (Lipinski definition) is 6. The number of carbonyl (C=O) groups excluding carboxylic acids is 4. The van der Waals surface area contributed by atoms with Gasteiger partial charge in [-0.25, -0.2) is 9.18 Å². The number of benzene rings is 1. The van der Waals surface area contributed by atoms with Crippen LogP contribution in [0.4, 0.5) is 9.18 Å². The van der Waals surface area contributed by atoms with Gasteiger partial charge in [0.2, 0.25) is 0 Å². The van der Waals surface area contributed by atoms with Crippen LogP contribution >= 0.6 is 11.8 Å². The van der Waals surface area contributed by atoms with Crippen LogP contribution in [-0.4, -0.2) is 52.1 Å². The molecule has 10 heteroatoms. The molecule has 3 rings (SSSR count). The van der Waals surface area contributed by atoms with Gasteiger partial charge in [-0.3, -0.25) is 19.3 Å². The molecule has 1 saturated heterocycles. The molecule has 0 radical (unpaired) electrons. The van der Waals surface area contributed by atoms with Gasteiger partial charge in [0.15, 0.2) is 0 Å². The van der Waals surface area contributed by atoms with Crippen LogP contribution in [0, 0.1) is 19.7 Å². The van der Waals surface area contributed by atoms with Crippen molar-refractivity contribution in [3.63, 3.8) is 0 Å². The Hall–Kier alpha value is -3.40. The molecule has 2 aromatic rings. The van der Waals surface area contributed by atoms with Gasteiger partial charge in [-0.1, -0.05) is 12.1 Å². The molecule has 0 bridgehead atoms. The van der Waals surface area contributed by atoms with E-state index in [0.717, 1.165) is 16.7 Å². The third kappa shape index (κ3) is 5.51. The first-order chi connectivity index (χ1) is 15.6. The van der Waals surface area contributed by atoms with Crippen LogP contribution in [0.25, 0.3) is 6.08 Å². The van der Waals surface area contributed by atoms with Gasteiger partial charge in [-0.05, 0) is 68.8 Å². The van der Waals surface area contributed by atoms with E-state index in [4.69, 9.17) is 4.74 Å². The summed E-state index contributed by atoms with van der Waals surface area (Å²) in [7, 11) is 0. The van der Waals surface area contributed by atoms with Gasteiger partial charge in [-0.15, -0.1) is 0 Å². The third-order valence-corrected chi connectivity index (χ3v) is 5.78. The fraction of sp³-hybridized carbons (Fsp3) is 0.304. The SMILES string of the molecule is Cc1[nH]c(C(=O)NCCN2C(=O)S/C(=C\c3ccc(F)cc3)C2=O)c(C)c1C(=O)OC(C)C. The Morgan fingerprint density at radius 2 is 1.88 bits per heavy atom. The molecule has 0 aliphatic carbocycles. The van der Waals surface area contributed by atoms with Crippen LogP contribution in [-0.2, 0) is 9.53 Å². The first-order valence-electron chi connectivity index (χ1n) is 10.3.